The maximum Gasteiger partial charge on any atom is 0.272 e. The van der Waals surface area contributed by atoms with Crippen LogP contribution in [0.2, 0.25) is 0 Å². The zero-order valence-electron chi connectivity index (χ0n) is 12.8. The first-order valence-electron chi connectivity index (χ1n) is 7.44. The van der Waals surface area contributed by atoms with Gasteiger partial charge in [-0.05, 0) is 38.8 Å². The average molecular weight is 304 g/mol. The summed E-state index contributed by atoms with van der Waals surface area (Å²) in [5.74, 6) is 0.711. The predicted octanol–water partition coefficient (Wildman–Crippen LogP) is 0.790. The fraction of sp³-hybridized carbons (Fsp3) is 0.533. The third-order valence-corrected chi connectivity index (χ3v) is 3.99. The normalized spacial score (nSPS) is 19.8. The molecular weight excluding hydrogens is 284 g/mol. The Kier molecular flexibility index (Phi) is 3.42. The van der Waals surface area contributed by atoms with Crippen LogP contribution in [0.15, 0.2) is 12.1 Å². The van der Waals surface area contributed by atoms with Gasteiger partial charge in [0.15, 0.2) is 17.2 Å². The van der Waals surface area contributed by atoms with Gasteiger partial charge in [0.2, 0.25) is 5.91 Å². The highest BCUT2D eigenvalue weighted by Crippen LogP contribution is 2.36. The minimum absolute atomic E-state index is 0.0327. The molecule has 0 spiro atoms. The fourth-order valence-electron chi connectivity index (χ4n) is 2.81. The van der Waals surface area contributed by atoms with E-state index in [-0.39, 0.29) is 24.2 Å². The lowest BCUT2D eigenvalue weighted by Gasteiger charge is -2.38. The first kappa shape index (κ1) is 14.6. The van der Waals surface area contributed by atoms with E-state index >= 15 is 0 Å². The smallest absolute Gasteiger partial charge is 0.272 e. The Balaban J connectivity index is 1.92. The zero-order chi connectivity index (χ0) is 15.9. The minimum Gasteiger partial charge on any atom is -0.474 e. The Labute approximate surface area is 129 Å². The SMILES string of the molecule is CC1(C)Oc2ccc(N)nc2N(CC(=O)N2CCCC2)C1=O. The number of carbonyl (C=O) groups is 2. The van der Waals surface area contributed by atoms with Gasteiger partial charge in [0.05, 0.1) is 0 Å². The van der Waals surface area contributed by atoms with Gasteiger partial charge in [-0.1, -0.05) is 0 Å². The summed E-state index contributed by atoms with van der Waals surface area (Å²) < 4.78 is 5.69. The third-order valence-electron chi connectivity index (χ3n) is 3.99. The highest BCUT2D eigenvalue weighted by Gasteiger charge is 2.43. The number of ether oxygens (including phenoxy) is 1. The van der Waals surface area contributed by atoms with Crippen molar-refractivity contribution in [1.29, 1.82) is 0 Å². The summed E-state index contributed by atoms with van der Waals surface area (Å²) in [7, 11) is 0. The molecule has 0 saturated carbocycles. The molecule has 2 aliphatic rings. The van der Waals surface area contributed by atoms with Gasteiger partial charge in [-0.25, -0.2) is 4.98 Å². The van der Waals surface area contributed by atoms with E-state index in [0.29, 0.717) is 11.6 Å². The van der Waals surface area contributed by atoms with Crippen molar-refractivity contribution in [3.8, 4) is 5.75 Å². The number of hydrogen-bond donors (Lipinski definition) is 1. The number of nitrogens with two attached hydrogens (primary N) is 1. The van der Waals surface area contributed by atoms with Gasteiger partial charge in [-0.3, -0.25) is 14.5 Å². The number of fused-ring (bicyclic) bond motifs is 1. The molecule has 2 amide bonds. The van der Waals surface area contributed by atoms with E-state index in [9.17, 15) is 9.59 Å². The number of aromatic nitrogens is 1. The number of nitrogens with zero attached hydrogens (tertiary/aromatic N) is 3. The van der Waals surface area contributed by atoms with Crippen molar-refractivity contribution in [2.75, 3.05) is 30.3 Å². The van der Waals surface area contributed by atoms with Crippen LogP contribution >= 0.6 is 0 Å². The Morgan fingerprint density at radius 3 is 2.73 bits per heavy atom. The van der Waals surface area contributed by atoms with Crippen LogP contribution in [-0.4, -0.2) is 46.9 Å². The van der Waals surface area contributed by atoms with Crippen LogP contribution < -0.4 is 15.4 Å². The standard InChI is InChI=1S/C15H20N4O3/c1-15(2)14(21)19(9-12(20)18-7-3-4-8-18)13-10(22-15)5-6-11(16)17-13/h5-6H,3-4,7-9H2,1-2H3,(H2,16,17). The molecule has 22 heavy (non-hydrogen) atoms. The van der Waals surface area contributed by atoms with E-state index in [2.05, 4.69) is 4.98 Å². The summed E-state index contributed by atoms with van der Waals surface area (Å²) in [6.45, 7) is 4.83. The van der Waals surface area contributed by atoms with Gasteiger partial charge in [-0.2, -0.15) is 0 Å². The maximum atomic E-state index is 12.6. The van der Waals surface area contributed by atoms with Crippen LogP contribution in [0.1, 0.15) is 26.7 Å². The van der Waals surface area contributed by atoms with E-state index in [0.717, 1.165) is 25.9 Å². The van der Waals surface area contributed by atoms with Gasteiger partial charge in [0.25, 0.3) is 5.91 Å². The second kappa shape index (κ2) is 5.15. The molecule has 0 radical (unpaired) electrons. The molecule has 2 N–H and O–H groups in total. The number of hydrogen-bond acceptors (Lipinski definition) is 5. The van der Waals surface area contributed by atoms with Gasteiger partial charge in [0, 0.05) is 13.1 Å². The highest BCUT2D eigenvalue weighted by atomic mass is 16.5. The maximum absolute atomic E-state index is 12.6. The lowest BCUT2D eigenvalue weighted by atomic mass is 10.1. The number of rotatable bonds is 2. The van der Waals surface area contributed by atoms with Gasteiger partial charge in [0.1, 0.15) is 12.4 Å². The zero-order valence-corrected chi connectivity index (χ0v) is 12.8. The number of pyridine rings is 1. The summed E-state index contributed by atoms with van der Waals surface area (Å²) in [5.41, 5.74) is 4.68. The van der Waals surface area contributed by atoms with Crippen molar-refractivity contribution < 1.29 is 14.3 Å². The number of amides is 2. The first-order chi connectivity index (χ1) is 10.4. The van der Waals surface area contributed by atoms with E-state index in [1.165, 1.54) is 4.90 Å². The van der Waals surface area contributed by atoms with Crippen molar-refractivity contribution in [2.24, 2.45) is 0 Å². The van der Waals surface area contributed by atoms with Crippen LogP contribution in [0, 0.1) is 0 Å². The molecule has 0 unspecified atom stereocenters. The average Bonchev–Trinajstić information content (AvgIpc) is 2.99. The molecule has 7 nitrogen and oxygen atoms in total. The van der Waals surface area contributed by atoms with Gasteiger partial charge < -0.3 is 15.4 Å². The third kappa shape index (κ3) is 2.47. The Morgan fingerprint density at radius 1 is 1.36 bits per heavy atom. The molecule has 7 heteroatoms. The first-order valence-corrected chi connectivity index (χ1v) is 7.44. The van der Waals surface area contributed by atoms with Crippen molar-refractivity contribution in [2.45, 2.75) is 32.3 Å². The molecule has 0 bridgehead atoms. The van der Waals surface area contributed by atoms with Crippen molar-refractivity contribution in [3.05, 3.63) is 12.1 Å². The molecule has 1 fully saturated rings. The molecule has 0 atom stereocenters. The van der Waals surface area contributed by atoms with Crippen LogP contribution in [0.3, 0.4) is 0 Å². The number of anilines is 2. The summed E-state index contributed by atoms with van der Waals surface area (Å²) in [4.78, 5) is 32.4. The van der Waals surface area contributed by atoms with Crippen molar-refractivity contribution in [1.82, 2.24) is 9.88 Å². The second-order valence-corrected chi connectivity index (χ2v) is 6.15. The summed E-state index contributed by atoms with van der Waals surface area (Å²) >= 11 is 0. The summed E-state index contributed by atoms with van der Waals surface area (Å²) in [5, 5.41) is 0. The molecule has 3 rings (SSSR count). The van der Waals surface area contributed by atoms with Crippen LogP contribution in [-0.2, 0) is 9.59 Å². The largest absolute Gasteiger partial charge is 0.474 e. The molecule has 1 saturated heterocycles. The molecular formula is C15H20N4O3. The molecule has 118 valence electrons. The molecule has 3 heterocycles. The minimum atomic E-state index is -1.03. The quantitative estimate of drug-likeness (QED) is 0.872. The fourth-order valence-corrected chi connectivity index (χ4v) is 2.81. The second-order valence-electron chi connectivity index (χ2n) is 6.15. The molecule has 2 aliphatic heterocycles. The Hall–Kier alpha value is -2.31. The summed E-state index contributed by atoms with van der Waals surface area (Å²) in [6.07, 6.45) is 2.02. The van der Waals surface area contributed by atoms with E-state index in [1.54, 1.807) is 30.9 Å². The molecule has 0 aliphatic carbocycles. The lowest BCUT2D eigenvalue weighted by Crippen LogP contribution is -2.55. The monoisotopic (exact) mass is 304 g/mol. The number of likely N-dealkylation sites (tertiary alicyclic amines) is 1. The Morgan fingerprint density at radius 2 is 2.05 bits per heavy atom. The van der Waals surface area contributed by atoms with E-state index < -0.39 is 5.60 Å². The van der Waals surface area contributed by atoms with Crippen molar-refractivity contribution >= 4 is 23.5 Å². The topological polar surface area (TPSA) is 88.8 Å². The summed E-state index contributed by atoms with van der Waals surface area (Å²) in [6, 6.07) is 3.30. The Bertz CT molecular complexity index is 623. The predicted molar refractivity (Wildman–Crippen MR) is 81.5 cm³/mol. The van der Waals surface area contributed by atoms with Gasteiger partial charge in [-0.15, -0.1) is 0 Å². The highest BCUT2D eigenvalue weighted by molar-refractivity contribution is 6.05. The molecule has 1 aromatic heterocycles. The molecule has 0 aromatic carbocycles. The van der Waals surface area contributed by atoms with Crippen LogP contribution in [0.5, 0.6) is 5.75 Å². The van der Waals surface area contributed by atoms with Crippen LogP contribution in [0.25, 0.3) is 0 Å². The number of nitrogen functional groups attached to an aromatic ring is 1. The van der Waals surface area contributed by atoms with E-state index in [1.807, 2.05) is 0 Å². The number of carbonyl (C=O) groups excluding carboxylic acids is 2. The van der Waals surface area contributed by atoms with Gasteiger partial charge >= 0.3 is 0 Å². The lowest BCUT2D eigenvalue weighted by molar-refractivity contribution is -0.136. The van der Waals surface area contributed by atoms with Crippen molar-refractivity contribution in [3.63, 3.8) is 0 Å². The van der Waals surface area contributed by atoms with Crippen LogP contribution in [0.4, 0.5) is 11.6 Å². The molecule has 1 aromatic rings. The van der Waals surface area contributed by atoms with E-state index in [4.69, 9.17) is 10.5 Å².